The highest BCUT2D eigenvalue weighted by atomic mass is 16.3. The maximum Gasteiger partial charge on any atom is 0.225 e. The molecule has 1 aromatic carbocycles. The van der Waals surface area contributed by atoms with Crippen molar-refractivity contribution in [3.63, 3.8) is 0 Å². The van der Waals surface area contributed by atoms with E-state index < -0.39 is 0 Å². The van der Waals surface area contributed by atoms with E-state index in [9.17, 15) is 9.90 Å². The van der Waals surface area contributed by atoms with Crippen LogP contribution < -0.4 is 0 Å². The van der Waals surface area contributed by atoms with Gasteiger partial charge in [0.15, 0.2) is 0 Å². The summed E-state index contributed by atoms with van der Waals surface area (Å²) in [7, 11) is 0. The number of rotatable bonds is 6. The van der Waals surface area contributed by atoms with Crippen molar-refractivity contribution in [3.8, 4) is 0 Å². The summed E-state index contributed by atoms with van der Waals surface area (Å²) in [5.74, 6) is 0.587. The van der Waals surface area contributed by atoms with Crippen LogP contribution in [0, 0.1) is 11.8 Å². The largest absolute Gasteiger partial charge is 0.393 e. The van der Waals surface area contributed by atoms with Crippen LogP contribution in [0.3, 0.4) is 0 Å². The Morgan fingerprint density at radius 2 is 2.05 bits per heavy atom. The van der Waals surface area contributed by atoms with Crippen LogP contribution in [-0.2, 0) is 11.2 Å². The third-order valence-electron chi connectivity index (χ3n) is 4.82. The number of aliphatic hydroxyl groups is 1. The Morgan fingerprint density at radius 3 is 2.73 bits per heavy atom. The predicted octanol–water partition coefficient (Wildman–Crippen LogP) is 3.26. The lowest BCUT2D eigenvalue weighted by Crippen LogP contribution is -2.44. The third-order valence-corrected chi connectivity index (χ3v) is 4.82. The molecule has 122 valence electrons. The van der Waals surface area contributed by atoms with Crippen LogP contribution in [0.5, 0.6) is 0 Å². The first-order chi connectivity index (χ1) is 10.6. The zero-order chi connectivity index (χ0) is 15.9. The number of piperidine rings is 1. The molecule has 0 spiro atoms. The van der Waals surface area contributed by atoms with Gasteiger partial charge in [-0.3, -0.25) is 4.79 Å². The van der Waals surface area contributed by atoms with Crippen molar-refractivity contribution in [2.24, 2.45) is 11.8 Å². The molecule has 0 saturated carbocycles. The van der Waals surface area contributed by atoms with Crippen LogP contribution in [0.4, 0.5) is 0 Å². The summed E-state index contributed by atoms with van der Waals surface area (Å²) in [5, 5.41) is 9.74. The van der Waals surface area contributed by atoms with Crippen molar-refractivity contribution >= 4 is 5.91 Å². The fourth-order valence-corrected chi connectivity index (χ4v) is 3.30. The summed E-state index contributed by atoms with van der Waals surface area (Å²) in [4.78, 5) is 14.5. The van der Waals surface area contributed by atoms with Gasteiger partial charge in [0.1, 0.15) is 0 Å². The van der Waals surface area contributed by atoms with Gasteiger partial charge in [0.25, 0.3) is 0 Å². The van der Waals surface area contributed by atoms with E-state index in [0.29, 0.717) is 0 Å². The third kappa shape index (κ3) is 4.84. The number of nitrogens with zero attached hydrogens (tertiary/aromatic N) is 1. The first kappa shape index (κ1) is 17.0. The molecule has 3 unspecified atom stereocenters. The molecule has 1 aromatic rings. The number of aliphatic hydroxyl groups excluding tert-OH is 1. The van der Waals surface area contributed by atoms with Crippen LogP contribution in [0.25, 0.3) is 0 Å². The molecule has 1 aliphatic heterocycles. The van der Waals surface area contributed by atoms with E-state index in [1.165, 1.54) is 5.56 Å². The lowest BCUT2D eigenvalue weighted by Gasteiger charge is -2.35. The number of amides is 1. The quantitative estimate of drug-likeness (QED) is 0.876. The first-order valence-corrected chi connectivity index (χ1v) is 8.58. The highest BCUT2D eigenvalue weighted by Crippen LogP contribution is 2.22. The Bertz CT molecular complexity index is 458. The van der Waals surface area contributed by atoms with Gasteiger partial charge in [-0.05, 0) is 44.6 Å². The number of likely N-dealkylation sites (tertiary alicyclic amines) is 1. The van der Waals surface area contributed by atoms with Gasteiger partial charge in [-0.1, -0.05) is 37.3 Å². The molecular weight excluding hydrogens is 274 g/mol. The lowest BCUT2D eigenvalue weighted by atomic mass is 9.92. The van der Waals surface area contributed by atoms with Gasteiger partial charge in [-0.25, -0.2) is 0 Å². The Hall–Kier alpha value is -1.35. The van der Waals surface area contributed by atoms with E-state index in [4.69, 9.17) is 0 Å². The van der Waals surface area contributed by atoms with E-state index >= 15 is 0 Å². The van der Waals surface area contributed by atoms with E-state index in [0.717, 1.165) is 45.2 Å². The highest BCUT2D eigenvalue weighted by molar-refractivity contribution is 5.78. The van der Waals surface area contributed by atoms with E-state index in [-0.39, 0.29) is 23.8 Å². The predicted molar refractivity (Wildman–Crippen MR) is 89.5 cm³/mol. The lowest BCUT2D eigenvalue weighted by molar-refractivity contribution is -0.137. The van der Waals surface area contributed by atoms with E-state index in [1.807, 2.05) is 24.8 Å². The maximum absolute atomic E-state index is 12.6. The topological polar surface area (TPSA) is 40.5 Å². The molecule has 1 aliphatic rings. The second kappa shape index (κ2) is 8.33. The molecule has 1 fully saturated rings. The fraction of sp³-hybridized carbons (Fsp3) is 0.632. The van der Waals surface area contributed by atoms with Crippen LogP contribution in [-0.4, -0.2) is 35.1 Å². The van der Waals surface area contributed by atoms with Crippen LogP contribution in [0.2, 0.25) is 0 Å². The van der Waals surface area contributed by atoms with Crippen molar-refractivity contribution in [3.05, 3.63) is 35.9 Å². The molecule has 0 bridgehead atoms. The molecule has 0 aliphatic carbocycles. The number of benzene rings is 1. The molecular formula is C19H29NO2. The summed E-state index contributed by atoms with van der Waals surface area (Å²) in [6.07, 6.45) is 4.74. The number of carbonyl (C=O) groups excluding carboxylic acids is 1. The molecule has 3 nitrogen and oxygen atoms in total. The van der Waals surface area contributed by atoms with Crippen LogP contribution in [0.1, 0.15) is 45.1 Å². The summed E-state index contributed by atoms with van der Waals surface area (Å²) < 4.78 is 0. The minimum Gasteiger partial charge on any atom is -0.393 e. The minimum absolute atomic E-state index is 0.0801. The van der Waals surface area contributed by atoms with Gasteiger partial charge in [-0.2, -0.15) is 0 Å². The normalized spacial score (nSPS) is 21.4. The average molecular weight is 303 g/mol. The van der Waals surface area contributed by atoms with Crippen molar-refractivity contribution in [1.29, 1.82) is 0 Å². The highest BCUT2D eigenvalue weighted by Gasteiger charge is 2.28. The number of hydrogen-bond donors (Lipinski definition) is 1. The standard InChI is InChI=1S/C19H29NO2/c1-15(8-6-11-17-9-4-3-5-10-17)19(22)20-13-7-12-18(14-20)16(2)21/h3-5,9-10,15-16,18,21H,6-8,11-14H2,1-2H3. The molecule has 3 atom stereocenters. The first-order valence-electron chi connectivity index (χ1n) is 8.58. The monoisotopic (exact) mass is 303 g/mol. The number of hydrogen-bond acceptors (Lipinski definition) is 2. The van der Waals surface area contributed by atoms with Gasteiger partial charge in [0.2, 0.25) is 5.91 Å². The second-order valence-electron chi connectivity index (χ2n) is 6.71. The Labute approximate surface area is 134 Å². The molecule has 1 saturated heterocycles. The number of carbonyl (C=O) groups is 1. The average Bonchev–Trinajstić information content (AvgIpc) is 2.55. The molecule has 3 heteroatoms. The zero-order valence-corrected chi connectivity index (χ0v) is 13.9. The summed E-state index contributed by atoms with van der Waals surface area (Å²) in [5.41, 5.74) is 1.34. The number of aryl methyl sites for hydroxylation is 1. The molecule has 1 heterocycles. The zero-order valence-electron chi connectivity index (χ0n) is 13.9. The molecule has 0 aromatic heterocycles. The van der Waals surface area contributed by atoms with Gasteiger partial charge in [-0.15, -0.1) is 0 Å². The van der Waals surface area contributed by atoms with Gasteiger partial charge >= 0.3 is 0 Å². The molecule has 22 heavy (non-hydrogen) atoms. The molecule has 0 radical (unpaired) electrons. The fourth-order valence-electron chi connectivity index (χ4n) is 3.30. The van der Waals surface area contributed by atoms with Crippen molar-refractivity contribution in [1.82, 2.24) is 4.90 Å². The van der Waals surface area contributed by atoms with Crippen molar-refractivity contribution in [2.45, 2.75) is 52.1 Å². The molecule has 1 amide bonds. The minimum atomic E-state index is -0.316. The van der Waals surface area contributed by atoms with Gasteiger partial charge in [0, 0.05) is 24.9 Å². The smallest absolute Gasteiger partial charge is 0.225 e. The Morgan fingerprint density at radius 1 is 1.32 bits per heavy atom. The summed E-state index contributed by atoms with van der Waals surface area (Å²) in [6.45, 7) is 5.45. The maximum atomic E-state index is 12.6. The van der Waals surface area contributed by atoms with E-state index in [1.54, 1.807) is 0 Å². The summed E-state index contributed by atoms with van der Waals surface area (Å²) in [6, 6.07) is 10.4. The second-order valence-corrected chi connectivity index (χ2v) is 6.71. The summed E-state index contributed by atoms with van der Waals surface area (Å²) >= 11 is 0. The van der Waals surface area contributed by atoms with Crippen molar-refractivity contribution < 1.29 is 9.90 Å². The van der Waals surface area contributed by atoms with Crippen LogP contribution >= 0.6 is 0 Å². The SMILES string of the molecule is CC(CCCc1ccccc1)C(=O)N1CCCC(C(C)O)C1. The Balaban J connectivity index is 1.76. The van der Waals surface area contributed by atoms with Gasteiger partial charge in [0.05, 0.1) is 6.10 Å². The molecule has 1 N–H and O–H groups in total. The molecule has 2 rings (SSSR count). The Kier molecular flexibility index (Phi) is 6.44. The van der Waals surface area contributed by atoms with Crippen molar-refractivity contribution in [2.75, 3.05) is 13.1 Å². The van der Waals surface area contributed by atoms with Crippen LogP contribution in [0.15, 0.2) is 30.3 Å². The van der Waals surface area contributed by atoms with Gasteiger partial charge < -0.3 is 10.0 Å². The van der Waals surface area contributed by atoms with E-state index in [2.05, 4.69) is 24.3 Å².